The summed E-state index contributed by atoms with van der Waals surface area (Å²) in [6.45, 7) is 5.38. The molecule has 0 spiro atoms. The van der Waals surface area contributed by atoms with E-state index in [9.17, 15) is 5.11 Å². The first-order valence-corrected chi connectivity index (χ1v) is 7.16. The number of hydrogen-bond acceptors (Lipinski definition) is 6. The van der Waals surface area contributed by atoms with Gasteiger partial charge in [-0.3, -0.25) is 0 Å². The molecule has 2 aliphatic heterocycles. The van der Waals surface area contributed by atoms with E-state index < -0.39 is 5.60 Å². The predicted octanol–water partition coefficient (Wildman–Crippen LogP) is 1.09. The Morgan fingerprint density at radius 2 is 2.10 bits per heavy atom. The Hall–Kier alpha value is -0.950. The van der Waals surface area contributed by atoms with E-state index in [1.54, 1.807) is 0 Å². The monoisotopic (exact) mass is 299 g/mol. The summed E-state index contributed by atoms with van der Waals surface area (Å²) < 4.78 is 11.2. The maximum atomic E-state index is 9.22. The Morgan fingerprint density at radius 3 is 2.80 bits per heavy atom. The quantitative estimate of drug-likeness (QED) is 0.843. The lowest BCUT2D eigenvalue weighted by Crippen LogP contribution is -2.37. The summed E-state index contributed by atoms with van der Waals surface area (Å²) >= 11 is 6.08. The molecule has 1 fully saturated rings. The molecule has 110 valence electrons. The van der Waals surface area contributed by atoms with Crippen LogP contribution in [-0.4, -0.2) is 48.0 Å². The third kappa shape index (κ3) is 2.37. The van der Waals surface area contributed by atoms with Gasteiger partial charge in [-0.05, 0) is 18.5 Å². The molecular weight excluding hydrogens is 282 g/mol. The number of aromatic nitrogens is 2. The van der Waals surface area contributed by atoms with Gasteiger partial charge in [0.25, 0.3) is 0 Å². The molecule has 7 heteroatoms. The summed E-state index contributed by atoms with van der Waals surface area (Å²) in [5.41, 5.74) is 1.19. The SMILES string of the molecule is CC1(CCO)OCc2c(N3CCOCC3)nc(Cl)nc21. The summed E-state index contributed by atoms with van der Waals surface area (Å²) in [7, 11) is 0. The predicted molar refractivity (Wildman–Crippen MR) is 73.9 cm³/mol. The Bertz CT molecular complexity index is 508. The van der Waals surface area contributed by atoms with Gasteiger partial charge in [-0.1, -0.05) is 0 Å². The van der Waals surface area contributed by atoms with Gasteiger partial charge in [0.1, 0.15) is 11.4 Å². The molecule has 0 amide bonds. The van der Waals surface area contributed by atoms with Crippen molar-refractivity contribution in [2.75, 3.05) is 37.8 Å². The summed E-state index contributed by atoms with van der Waals surface area (Å²) in [6, 6.07) is 0. The fraction of sp³-hybridized carbons (Fsp3) is 0.692. The van der Waals surface area contributed by atoms with Crippen LogP contribution in [0.2, 0.25) is 5.28 Å². The number of anilines is 1. The minimum absolute atomic E-state index is 0.0461. The van der Waals surface area contributed by atoms with Crippen LogP contribution in [0.25, 0.3) is 0 Å². The van der Waals surface area contributed by atoms with Crippen LogP contribution in [0, 0.1) is 0 Å². The summed E-state index contributed by atoms with van der Waals surface area (Å²) in [5, 5.41) is 9.44. The van der Waals surface area contributed by atoms with Crippen LogP contribution in [-0.2, 0) is 21.7 Å². The first-order valence-electron chi connectivity index (χ1n) is 6.78. The van der Waals surface area contributed by atoms with Crippen LogP contribution in [0.5, 0.6) is 0 Å². The van der Waals surface area contributed by atoms with E-state index in [0.717, 1.165) is 30.2 Å². The van der Waals surface area contributed by atoms with E-state index in [-0.39, 0.29) is 11.9 Å². The van der Waals surface area contributed by atoms with E-state index in [1.807, 2.05) is 6.92 Å². The normalized spacial score (nSPS) is 25.9. The summed E-state index contributed by atoms with van der Waals surface area (Å²) in [5.74, 6) is 0.838. The molecule has 20 heavy (non-hydrogen) atoms. The molecule has 0 radical (unpaired) electrons. The molecule has 0 aliphatic carbocycles. The maximum Gasteiger partial charge on any atom is 0.224 e. The van der Waals surface area contributed by atoms with Gasteiger partial charge in [0.05, 0.1) is 25.5 Å². The number of morpholine rings is 1. The first-order chi connectivity index (χ1) is 9.64. The Kier molecular flexibility index (Phi) is 3.81. The van der Waals surface area contributed by atoms with E-state index >= 15 is 0 Å². The topological polar surface area (TPSA) is 67.7 Å². The molecule has 1 aromatic heterocycles. The van der Waals surface area contributed by atoms with Crippen molar-refractivity contribution in [3.63, 3.8) is 0 Å². The van der Waals surface area contributed by atoms with Gasteiger partial charge < -0.3 is 19.5 Å². The van der Waals surface area contributed by atoms with E-state index in [4.69, 9.17) is 21.1 Å². The molecule has 0 saturated carbocycles. The van der Waals surface area contributed by atoms with Gasteiger partial charge in [-0.2, -0.15) is 0 Å². The Balaban J connectivity index is 2.01. The van der Waals surface area contributed by atoms with Gasteiger partial charge in [-0.15, -0.1) is 0 Å². The Morgan fingerprint density at radius 1 is 1.35 bits per heavy atom. The highest BCUT2D eigenvalue weighted by Crippen LogP contribution is 2.41. The average molecular weight is 300 g/mol. The van der Waals surface area contributed by atoms with Crippen molar-refractivity contribution in [2.45, 2.75) is 25.6 Å². The van der Waals surface area contributed by atoms with Crippen LogP contribution in [0.4, 0.5) is 5.82 Å². The van der Waals surface area contributed by atoms with Crippen molar-refractivity contribution in [3.8, 4) is 0 Å². The van der Waals surface area contributed by atoms with Crippen molar-refractivity contribution in [1.82, 2.24) is 9.97 Å². The average Bonchev–Trinajstić information content (AvgIpc) is 2.77. The van der Waals surface area contributed by atoms with Crippen molar-refractivity contribution in [2.24, 2.45) is 0 Å². The number of aliphatic hydroxyl groups excluding tert-OH is 1. The van der Waals surface area contributed by atoms with Crippen molar-refractivity contribution in [3.05, 3.63) is 16.5 Å². The van der Waals surface area contributed by atoms with Crippen LogP contribution in [0.15, 0.2) is 0 Å². The molecule has 1 unspecified atom stereocenters. The first kappa shape index (κ1) is 14.0. The van der Waals surface area contributed by atoms with Crippen LogP contribution >= 0.6 is 11.6 Å². The number of nitrogens with zero attached hydrogens (tertiary/aromatic N) is 3. The molecule has 1 aromatic rings. The lowest BCUT2D eigenvalue weighted by atomic mass is 9.97. The van der Waals surface area contributed by atoms with Crippen molar-refractivity contribution in [1.29, 1.82) is 0 Å². The number of halogens is 1. The zero-order valence-electron chi connectivity index (χ0n) is 11.4. The standard InChI is InChI=1S/C13H18ClN3O3/c1-13(2-5-18)10-9(8-20-13)11(16-12(14)15-10)17-3-6-19-7-4-17/h18H,2-8H2,1H3. The molecule has 6 nitrogen and oxygen atoms in total. The second kappa shape index (κ2) is 5.44. The number of fused-ring (bicyclic) bond motifs is 1. The van der Waals surface area contributed by atoms with Gasteiger partial charge in [-0.25, -0.2) is 9.97 Å². The third-order valence-electron chi connectivity index (χ3n) is 3.89. The van der Waals surface area contributed by atoms with E-state index in [0.29, 0.717) is 26.2 Å². The lowest BCUT2D eigenvalue weighted by molar-refractivity contribution is -0.0410. The highest BCUT2D eigenvalue weighted by molar-refractivity contribution is 6.28. The number of hydrogen-bond donors (Lipinski definition) is 1. The number of ether oxygens (including phenoxy) is 2. The second-order valence-corrected chi connectivity index (χ2v) is 5.57. The molecular formula is C13H18ClN3O3. The lowest BCUT2D eigenvalue weighted by Gasteiger charge is -2.29. The molecule has 3 rings (SSSR count). The smallest absolute Gasteiger partial charge is 0.224 e. The molecule has 2 aliphatic rings. The van der Waals surface area contributed by atoms with Crippen molar-refractivity contribution >= 4 is 17.4 Å². The highest BCUT2D eigenvalue weighted by atomic mass is 35.5. The molecule has 1 N–H and O–H groups in total. The minimum atomic E-state index is -0.586. The molecule has 3 heterocycles. The number of aliphatic hydroxyl groups is 1. The van der Waals surface area contributed by atoms with Gasteiger partial charge in [0.15, 0.2) is 0 Å². The summed E-state index contributed by atoms with van der Waals surface area (Å²) in [4.78, 5) is 10.9. The summed E-state index contributed by atoms with van der Waals surface area (Å²) in [6.07, 6.45) is 0.496. The highest BCUT2D eigenvalue weighted by Gasteiger charge is 2.40. The second-order valence-electron chi connectivity index (χ2n) is 5.24. The molecule has 0 bridgehead atoms. The molecule has 1 atom stereocenters. The van der Waals surface area contributed by atoms with Crippen LogP contribution < -0.4 is 4.90 Å². The molecule has 0 aromatic carbocycles. The van der Waals surface area contributed by atoms with E-state index in [1.165, 1.54) is 0 Å². The fourth-order valence-electron chi connectivity index (χ4n) is 2.76. The maximum absolute atomic E-state index is 9.22. The van der Waals surface area contributed by atoms with Gasteiger partial charge in [0.2, 0.25) is 5.28 Å². The van der Waals surface area contributed by atoms with E-state index in [2.05, 4.69) is 14.9 Å². The number of rotatable bonds is 3. The van der Waals surface area contributed by atoms with Gasteiger partial charge >= 0.3 is 0 Å². The Labute approximate surface area is 122 Å². The third-order valence-corrected chi connectivity index (χ3v) is 4.06. The zero-order valence-corrected chi connectivity index (χ0v) is 12.2. The van der Waals surface area contributed by atoms with Crippen molar-refractivity contribution < 1.29 is 14.6 Å². The zero-order chi connectivity index (χ0) is 14.2. The molecule has 1 saturated heterocycles. The van der Waals surface area contributed by atoms with Gasteiger partial charge in [0, 0.05) is 31.7 Å². The minimum Gasteiger partial charge on any atom is -0.396 e. The van der Waals surface area contributed by atoms with Crippen LogP contribution in [0.3, 0.4) is 0 Å². The fourth-order valence-corrected chi connectivity index (χ4v) is 2.92. The largest absolute Gasteiger partial charge is 0.396 e. The van der Waals surface area contributed by atoms with Crippen LogP contribution in [0.1, 0.15) is 24.6 Å².